The van der Waals surface area contributed by atoms with Crippen molar-refractivity contribution in [2.75, 3.05) is 0 Å². The van der Waals surface area contributed by atoms with E-state index in [1.165, 1.54) is 27.8 Å². The molecule has 0 fully saturated rings. The topological polar surface area (TPSA) is 22.1 Å². The zero-order valence-electron chi connectivity index (χ0n) is 14.1. The molecule has 1 aromatic heterocycles. The van der Waals surface area contributed by atoms with Gasteiger partial charge in [0.25, 0.3) is 0 Å². The molecule has 0 saturated heterocycles. The summed E-state index contributed by atoms with van der Waals surface area (Å²) in [5.41, 5.74) is 6.61. The van der Waals surface area contributed by atoms with E-state index >= 15 is 0 Å². The van der Waals surface area contributed by atoms with Crippen LogP contribution in [0.3, 0.4) is 0 Å². The molecule has 22 heavy (non-hydrogen) atoms. The van der Waals surface area contributed by atoms with Crippen molar-refractivity contribution >= 4 is 0 Å². The van der Waals surface area contributed by atoms with Gasteiger partial charge < -0.3 is 4.74 Å². The molecule has 1 atom stereocenters. The number of fused-ring (bicyclic) bond motifs is 1. The Morgan fingerprint density at radius 2 is 2.05 bits per heavy atom. The molecule has 0 aliphatic carbocycles. The summed E-state index contributed by atoms with van der Waals surface area (Å²) in [6.07, 6.45) is 8.04. The smallest absolute Gasteiger partial charge is 0.126 e. The predicted octanol–water partition coefficient (Wildman–Crippen LogP) is 4.72. The summed E-state index contributed by atoms with van der Waals surface area (Å²) in [6, 6.07) is 6.44. The third-order valence-electron chi connectivity index (χ3n) is 5.03. The van der Waals surface area contributed by atoms with E-state index in [9.17, 15) is 0 Å². The Morgan fingerprint density at radius 3 is 2.77 bits per heavy atom. The summed E-state index contributed by atoms with van der Waals surface area (Å²) in [5.74, 6) is 1.14. The van der Waals surface area contributed by atoms with Gasteiger partial charge in [-0.2, -0.15) is 0 Å². The maximum Gasteiger partial charge on any atom is 0.126 e. The minimum Gasteiger partial charge on any atom is -0.487 e. The van der Waals surface area contributed by atoms with Crippen LogP contribution in [-0.4, -0.2) is 10.6 Å². The highest BCUT2D eigenvalue weighted by Crippen LogP contribution is 2.40. The Hall–Kier alpha value is -1.83. The molecule has 0 radical (unpaired) electrons. The van der Waals surface area contributed by atoms with Gasteiger partial charge in [0.05, 0.1) is 0 Å². The number of hydrogen-bond donors (Lipinski definition) is 0. The molecule has 3 rings (SSSR count). The average Bonchev–Trinajstić information content (AvgIpc) is 2.52. The van der Waals surface area contributed by atoms with Crippen LogP contribution in [0.5, 0.6) is 5.75 Å². The van der Waals surface area contributed by atoms with Gasteiger partial charge in [-0.3, -0.25) is 4.98 Å². The van der Waals surface area contributed by atoms with Crippen LogP contribution in [-0.2, 0) is 12.8 Å². The summed E-state index contributed by atoms with van der Waals surface area (Å²) < 4.78 is 6.51. The van der Waals surface area contributed by atoms with Gasteiger partial charge in [-0.1, -0.05) is 12.1 Å². The predicted molar refractivity (Wildman–Crippen MR) is 90.6 cm³/mol. The van der Waals surface area contributed by atoms with Crippen LogP contribution in [0.15, 0.2) is 30.6 Å². The molecule has 0 bridgehead atoms. The van der Waals surface area contributed by atoms with Gasteiger partial charge in [0.1, 0.15) is 11.4 Å². The molecular weight excluding hydrogens is 270 g/mol. The van der Waals surface area contributed by atoms with Crippen molar-refractivity contribution in [2.24, 2.45) is 0 Å². The van der Waals surface area contributed by atoms with Crippen molar-refractivity contribution in [1.82, 2.24) is 4.98 Å². The molecule has 0 spiro atoms. The lowest BCUT2D eigenvalue weighted by Gasteiger charge is -2.38. The van der Waals surface area contributed by atoms with Gasteiger partial charge in [-0.15, -0.1) is 0 Å². The monoisotopic (exact) mass is 295 g/mol. The molecule has 2 nitrogen and oxygen atoms in total. The number of rotatable bonds is 3. The minimum absolute atomic E-state index is 0.0756. The van der Waals surface area contributed by atoms with Crippen LogP contribution in [0.2, 0.25) is 0 Å². The lowest BCUT2D eigenvalue weighted by atomic mass is 9.85. The first-order valence-corrected chi connectivity index (χ1v) is 8.16. The SMILES string of the molecule is Cc1cc(C)c2c(c1C)OC(C)(CCc1cccnc1)CC2. The second-order valence-electron chi connectivity index (χ2n) is 6.86. The number of aromatic nitrogens is 1. The van der Waals surface area contributed by atoms with E-state index in [4.69, 9.17) is 4.74 Å². The molecule has 1 aromatic carbocycles. The van der Waals surface area contributed by atoms with Gasteiger partial charge in [-0.05, 0) is 87.3 Å². The van der Waals surface area contributed by atoms with Crippen molar-refractivity contribution in [3.63, 3.8) is 0 Å². The molecule has 0 saturated carbocycles. The Morgan fingerprint density at radius 1 is 1.23 bits per heavy atom. The number of nitrogens with zero attached hydrogens (tertiary/aromatic N) is 1. The standard InChI is InChI=1S/C20H25NO/c1-14-12-15(2)18-8-10-20(4,22-19(18)16(14)3)9-7-17-6-5-11-21-13-17/h5-6,11-13H,7-10H2,1-4H3. The van der Waals surface area contributed by atoms with Gasteiger partial charge >= 0.3 is 0 Å². The molecule has 116 valence electrons. The van der Waals surface area contributed by atoms with Crippen LogP contribution in [0.1, 0.15) is 47.6 Å². The van der Waals surface area contributed by atoms with Crippen LogP contribution >= 0.6 is 0 Å². The summed E-state index contributed by atoms with van der Waals surface area (Å²) in [5, 5.41) is 0. The summed E-state index contributed by atoms with van der Waals surface area (Å²) >= 11 is 0. The van der Waals surface area contributed by atoms with Crippen LogP contribution in [0.4, 0.5) is 0 Å². The molecule has 1 aliphatic heterocycles. The average molecular weight is 295 g/mol. The lowest BCUT2D eigenvalue weighted by molar-refractivity contribution is 0.0554. The van der Waals surface area contributed by atoms with E-state index in [1.807, 2.05) is 18.5 Å². The molecule has 2 heteroatoms. The van der Waals surface area contributed by atoms with Crippen LogP contribution in [0, 0.1) is 20.8 Å². The zero-order chi connectivity index (χ0) is 15.7. The molecule has 2 heterocycles. The summed E-state index contributed by atoms with van der Waals surface area (Å²) in [6.45, 7) is 8.81. The number of aryl methyl sites for hydroxylation is 3. The summed E-state index contributed by atoms with van der Waals surface area (Å²) in [7, 11) is 0. The third-order valence-corrected chi connectivity index (χ3v) is 5.03. The number of hydrogen-bond acceptors (Lipinski definition) is 2. The first-order chi connectivity index (χ1) is 10.5. The molecule has 2 aromatic rings. The van der Waals surface area contributed by atoms with E-state index in [-0.39, 0.29) is 5.60 Å². The van der Waals surface area contributed by atoms with E-state index < -0.39 is 0 Å². The van der Waals surface area contributed by atoms with Crippen LogP contribution < -0.4 is 4.74 Å². The Balaban J connectivity index is 1.81. The summed E-state index contributed by atoms with van der Waals surface area (Å²) in [4.78, 5) is 4.20. The van der Waals surface area contributed by atoms with Crippen molar-refractivity contribution in [1.29, 1.82) is 0 Å². The zero-order valence-corrected chi connectivity index (χ0v) is 14.1. The molecule has 1 aliphatic rings. The van der Waals surface area contributed by atoms with Crippen molar-refractivity contribution < 1.29 is 4.74 Å². The van der Waals surface area contributed by atoms with Gasteiger partial charge in [-0.25, -0.2) is 0 Å². The van der Waals surface area contributed by atoms with Gasteiger partial charge in [0, 0.05) is 12.4 Å². The minimum atomic E-state index is -0.0756. The van der Waals surface area contributed by atoms with Crippen molar-refractivity contribution in [2.45, 2.75) is 59.0 Å². The molecule has 0 amide bonds. The van der Waals surface area contributed by atoms with E-state index in [0.717, 1.165) is 31.4 Å². The number of pyridine rings is 1. The first-order valence-electron chi connectivity index (χ1n) is 8.16. The van der Waals surface area contributed by atoms with E-state index in [2.05, 4.69) is 44.8 Å². The van der Waals surface area contributed by atoms with Crippen molar-refractivity contribution in [3.05, 3.63) is 58.4 Å². The number of ether oxygens (including phenoxy) is 1. The normalized spacial score (nSPS) is 20.4. The Kier molecular flexibility index (Phi) is 3.94. The van der Waals surface area contributed by atoms with Crippen LogP contribution in [0.25, 0.3) is 0 Å². The lowest BCUT2D eigenvalue weighted by Crippen LogP contribution is -2.37. The molecular formula is C20H25NO. The van der Waals surface area contributed by atoms with E-state index in [1.54, 1.807) is 0 Å². The van der Waals surface area contributed by atoms with Gasteiger partial charge in [0.2, 0.25) is 0 Å². The maximum atomic E-state index is 6.51. The van der Waals surface area contributed by atoms with E-state index in [0.29, 0.717) is 0 Å². The second-order valence-corrected chi connectivity index (χ2v) is 6.86. The highest BCUT2D eigenvalue weighted by molar-refractivity contribution is 5.51. The first kappa shape index (κ1) is 15.1. The molecule has 0 N–H and O–H groups in total. The fourth-order valence-corrected chi connectivity index (χ4v) is 3.37. The fourth-order valence-electron chi connectivity index (χ4n) is 3.37. The van der Waals surface area contributed by atoms with Gasteiger partial charge in [0.15, 0.2) is 0 Å². The number of benzene rings is 1. The highest BCUT2D eigenvalue weighted by Gasteiger charge is 2.33. The fraction of sp³-hybridized carbons (Fsp3) is 0.450. The molecule has 1 unspecified atom stereocenters. The quantitative estimate of drug-likeness (QED) is 0.817. The largest absolute Gasteiger partial charge is 0.487 e. The maximum absolute atomic E-state index is 6.51. The van der Waals surface area contributed by atoms with Crippen molar-refractivity contribution in [3.8, 4) is 5.75 Å². The second kappa shape index (κ2) is 5.75. The Labute approximate surface area is 133 Å². The highest BCUT2D eigenvalue weighted by atomic mass is 16.5. The Bertz CT molecular complexity index is 678. The third kappa shape index (κ3) is 2.87.